The first-order valence-electron chi connectivity index (χ1n) is 14.7. The fourth-order valence-electron chi connectivity index (χ4n) is 6.14. The lowest BCUT2D eigenvalue weighted by molar-refractivity contribution is 0.0925. The summed E-state index contributed by atoms with van der Waals surface area (Å²) in [5.74, 6) is -0.0863. The molecule has 1 aliphatic heterocycles. The van der Waals surface area contributed by atoms with Crippen molar-refractivity contribution in [2.45, 2.75) is 77.2 Å². The Labute approximate surface area is 252 Å². The molecule has 1 fully saturated rings. The monoisotopic (exact) mass is 590 g/mol. The van der Waals surface area contributed by atoms with E-state index in [0.29, 0.717) is 39.6 Å². The van der Waals surface area contributed by atoms with Crippen LogP contribution in [-0.2, 0) is 0 Å². The van der Waals surface area contributed by atoms with Crippen molar-refractivity contribution in [2.75, 3.05) is 17.3 Å². The second-order valence-electron chi connectivity index (χ2n) is 11.6. The van der Waals surface area contributed by atoms with Crippen molar-refractivity contribution < 1.29 is 4.79 Å². The number of nitrogens with two attached hydrogens (primary N) is 1. The molecule has 3 aromatic carbocycles. The molecule has 4 rings (SSSR count). The van der Waals surface area contributed by atoms with Gasteiger partial charge in [-0.2, -0.15) is 0 Å². The minimum Gasteiger partial charge on any atom is -0.398 e. The van der Waals surface area contributed by atoms with Gasteiger partial charge in [-0.1, -0.05) is 69.1 Å². The van der Waals surface area contributed by atoms with E-state index < -0.39 is 0 Å². The van der Waals surface area contributed by atoms with Gasteiger partial charge in [-0.05, 0) is 86.4 Å². The van der Waals surface area contributed by atoms with E-state index in [1.165, 1.54) is 31.4 Å². The Balaban J connectivity index is 1.55. The van der Waals surface area contributed by atoms with Crippen LogP contribution >= 0.6 is 20.2 Å². The van der Waals surface area contributed by atoms with Gasteiger partial charge in [0.25, 0.3) is 5.91 Å². The van der Waals surface area contributed by atoms with E-state index in [1.54, 1.807) is 18.2 Å². The maximum absolute atomic E-state index is 13.4. The van der Waals surface area contributed by atoms with Gasteiger partial charge in [0, 0.05) is 45.2 Å². The fraction of sp³-hybridized carbons (Fsp3) is 0.412. The van der Waals surface area contributed by atoms with Gasteiger partial charge in [-0.3, -0.25) is 10.2 Å². The van der Waals surface area contributed by atoms with Gasteiger partial charge < -0.3 is 16.0 Å². The van der Waals surface area contributed by atoms with E-state index in [9.17, 15) is 4.79 Å². The number of anilines is 2. The Morgan fingerprint density at radius 1 is 1.10 bits per heavy atom. The van der Waals surface area contributed by atoms with Gasteiger partial charge in [0.05, 0.1) is 11.8 Å². The number of benzene rings is 3. The number of amides is 1. The zero-order valence-corrected chi connectivity index (χ0v) is 26.6. The van der Waals surface area contributed by atoms with Crippen LogP contribution in [0.1, 0.15) is 86.5 Å². The zero-order valence-electron chi connectivity index (χ0n) is 24.9. The Kier molecular flexibility index (Phi) is 10.5. The third-order valence-corrected chi connectivity index (χ3v) is 9.95. The lowest BCUT2D eigenvalue weighted by Gasteiger charge is -2.45. The summed E-state index contributed by atoms with van der Waals surface area (Å²) in [7, 11) is 0.992. The summed E-state index contributed by atoms with van der Waals surface area (Å²) in [5.41, 5.74) is 11.8. The zero-order chi connectivity index (χ0) is 29.7. The van der Waals surface area contributed by atoms with Crippen LogP contribution in [0.15, 0.2) is 66.7 Å². The number of nitrogens with zero attached hydrogens (tertiary/aromatic N) is 1. The van der Waals surface area contributed by atoms with Crippen LogP contribution in [0.2, 0.25) is 5.02 Å². The number of halogens is 1. The molecule has 5 atom stereocenters. The van der Waals surface area contributed by atoms with Crippen molar-refractivity contribution in [3.8, 4) is 0 Å². The molecule has 1 saturated heterocycles. The highest BCUT2D eigenvalue weighted by Gasteiger charge is 2.32. The molecule has 5 unspecified atom stereocenters. The smallest absolute Gasteiger partial charge is 0.251 e. The van der Waals surface area contributed by atoms with Crippen LogP contribution in [0.4, 0.5) is 11.4 Å². The number of rotatable bonds is 10. The third kappa shape index (κ3) is 7.13. The minimum atomic E-state index is -0.244. The van der Waals surface area contributed by atoms with E-state index in [4.69, 9.17) is 22.7 Å². The van der Waals surface area contributed by atoms with Gasteiger partial charge in [0.2, 0.25) is 0 Å². The van der Waals surface area contributed by atoms with E-state index in [1.807, 2.05) is 36.4 Å². The lowest BCUT2D eigenvalue weighted by atomic mass is 9.91. The normalized spacial score (nSPS) is 20.0. The van der Waals surface area contributed by atoms with E-state index in [0.717, 1.165) is 25.4 Å². The highest BCUT2D eigenvalue weighted by Crippen LogP contribution is 2.38. The van der Waals surface area contributed by atoms with Crippen LogP contribution < -0.4 is 16.0 Å². The summed E-state index contributed by atoms with van der Waals surface area (Å²) in [5, 5.41) is 12.8. The Hall–Kier alpha value is -2.88. The van der Waals surface area contributed by atoms with Crippen molar-refractivity contribution >= 4 is 43.2 Å². The van der Waals surface area contributed by atoms with Crippen molar-refractivity contribution in [3.05, 3.63) is 94.0 Å². The second-order valence-corrected chi connectivity index (χ2v) is 13.4. The molecule has 0 radical (unpaired) electrons. The molecule has 0 spiro atoms. The molecule has 4 N–H and O–H groups in total. The van der Waals surface area contributed by atoms with Crippen molar-refractivity contribution in [1.29, 1.82) is 5.41 Å². The van der Waals surface area contributed by atoms with E-state index >= 15 is 0 Å². The second kappa shape index (κ2) is 13.9. The van der Waals surface area contributed by atoms with Crippen LogP contribution in [-0.4, -0.2) is 36.0 Å². The predicted molar refractivity (Wildman–Crippen MR) is 178 cm³/mol. The van der Waals surface area contributed by atoms with Gasteiger partial charge in [-0.15, -0.1) is 8.58 Å². The average molecular weight is 591 g/mol. The average Bonchev–Trinajstić information content (AvgIpc) is 2.96. The third-order valence-electron chi connectivity index (χ3n) is 8.31. The number of carbonyl (C=O) groups is 1. The Morgan fingerprint density at radius 2 is 1.78 bits per heavy atom. The Morgan fingerprint density at radius 3 is 2.41 bits per heavy atom. The van der Waals surface area contributed by atoms with Gasteiger partial charge in [-0.25, -0.2) is 0 Å². The summed E-state index contributed by atoms with van der Waals surface area (Å²) in [4.78, 5) is 16.0. The molecule has 7 heteroatoms. The molecule has 1 heterocycles. The minimum absolute atomic E-state index is 0.136. The topological polar surface area (TPSA) is 82.2 Å². The largest absolute Gasteiger partial charge is 0.398 e. The van der Waals surface area contributed by atoms with Crippen LogP contribution in [0.3, 0.4) is 0 Å². The maximum Gasteiger partial charge on any atom is 0.251 e. The fourth-order valence-corrected chi connectivity index (χ4v) is 7.48. The number of piperidine rings is 1. The molecule has 218 valence electrons. The predicted octanol–water partition coefficient (Wildman–Crippen LogP) is 8.30. The van der Waals surface area contributed by atoms with Gasteiger partial charge in [0.15, 0.2) is 0 Å². The molecular formula is C34H44ClN4OP. The highest BCUT2D eigenvalue weighted by molar-refractivity contribution is 7.37. The summed E-state index contributed by atoms with van der Waals surface area (Å²) < 4.78 is 0. The van der Waals surface area contributed by atoms with Crippen LogP contribution in [0, 0.1) is 11.3 Å². The summed E-state index contributed by atoms with van der Waals surface area (Å²) in [6, 6.07) is 21.8. The molecule has 3 aromatic rings. The number of carbonyl (C=O) groups excluding carboxylic acids is 1. The molecule has 0 saturated carbocycles. The van der Waals surface area contributed by atoms with Crippen molar-refractivity contribution in [3.63, 3.8) is 0 Å². The summed E-state index contributed by atoms with van der Waals surface area (Å²) >= 11 is 6.45. The van der Waals surface area contributed by atoms with Crippen LogP contribution in [0.25, 0.3) is 0 Å². The van der Waals surface area contributed by atoms with Gasteiger partial charge >= 0.3 is 0 Å². The summed E-state index contributed by atoms with van der Waals surface area (Å²) in [6.07, 6.45) is 4.86. The SMILES string of the molecule is CCCC1CC(PC)CC(C)N1c1ccc(C(=N)c2cc(C(=O)NC(c3ccccc3Cl)C(C)C)ccc2N)cc1. The number of nitrogens with one attached hydrogen (secondary N) is 2. The number of hydrogen-bond acceptors (Lipinski definition) is 4. The van der Waals surface area contributed by atoms with Crippen molar-refractivity contribution in [2.24, 2.45) is 5.92 Å². The van der Waals surface area contributed by atoms with Gasteiger partial charge in [0.1, 0.15) is 0 Å². The van der Waals surface area contributed by atoms with E-state index in [-0.39, 0.29) is 17.9 Å². The summed E-state index contributed by atoms with van der Waals surface area (Å²) in [6.45, 7) is 11.1. The van der Waals surface area contributed by atoms with Crippen molar-refractivity contribution in [1.82, 2.24) is 5.32 Å². The first-order chi connectivity index (χ1) is 19.6. The molecule has 0 bridgehead atoms. The molecule has 1 amide bonds. The molecule has 0 aliphatic carbocycles. The Bertz CT molecular complexity index is 1360. The lowest BCUT2D eigenvalue weighted by Crippen LogP contribution is -2.48. The first-order valence-corrected chi connectivity index (χ1v) is 16.7. The first kappa shape index (κ1) is 31.1. The molecule has 0 aromatic heterocycles. The molecular weight excluding hydrogens is 547 g/mol. The molecule has 1 aliphatic rings. The standard InChI is InChI=1S/C34H44ClN4OP/c1-6-9-26-20-27(41-5)18-22(4)39(26)25-15-12-23(13-16-25)32(37)29-19-24(14-17-31(29)36)34(40)38-33(21(2)3)28-10-7-8-11-30(28)35/h7-8,10-17,19,21-22,26-27,33,37,41H,6,9,18,20,36H2,1-5H3,(H,38,40). The number of nitrogen functional groups attached to an aromatic ring is 1. The number of hydrogen-bond donors (Lipinski definition) is 3. The highest BCUT2D eigenvalue weighted by atomic mass is 35.5. The molecule has 5 nitrogen and oxygen atoms in total. The van der Waals surface area contributed by atoms with E-state index in [2.05, 4.69) is 56.7 Å². The quantitative estimate of drug-likeness (QED) is 0.126. The molecule has 41 heavy (non-hydrogen) atoms. The maximum atomic E-state index is 13.4. The van der Waals surface area contributed by atoms with Crippen LogP contribution in [0.5, 0.6) is 0 Å².